The highest BCUT2D eigenvalue weighted by molar-refractivity contribution is 5.61. The molecule has 1 unspecified atom stereocenters. The molecule has 1 aromatic rings. The van der Waals surface area contributed by atoms with Crippen molar-refractivity contribution < 1.29 is 4.74 Å². The molecule has 3 N–H and O–H groups in total. The lowest BCUT2D eigenvalue weighted by Gasteiger charge is -2.30. The molecule has 1 fully saturated rings. The van der Waals surface area contributed by atoms with E-state index in [4.69, 9.17) is 10.5 Å². The maximum atomic E-state index is 5.74. The highest BCUT2D eigenvalue weighted by Crippen LogP contribution is 2.27. The van der Waals surface area contributed by atoms with Crippen LogP contribution in [0.3, 0.4) is 0 Å². The standard InChI is InChI=1S/C11H19N5O/c1-16-5-3-4-8(6-16)15-11-9(17-2)10(12)13-7-14-11/h7-8H,3-6H2,1-2H3,(H3,12,13,14,15). The summed E-state index contributed by atoms with van der Waals surface area (Å²) in [6.07, 6.45) is 3.78. The number of nitrogens with one attached hydrogen (secondary N) is 1. The van der Waals surface area contributed by atoms with Gasteiger partial charge in [0.1, 0.15) is 6.33 Å². The van der Waals surface area contributed by atoms with Crippen molar-refractivity contribution in [2.75, 3.05) is 38.3 Å². The molecular formula is C11H19N5O. The summed E-state index contributed by atoms with van der Waals surface area (Å²) in [5.41, 5.74) is 5.74. The molecule has 1 aliphatic heterocycles. The molecule has 1 aromatic heterocycles. The Kier molecular flexibility index (Phi) is 3.63. The number of piperidine rings is 1. The second kappa shape index (κ2) is 5.18. The van der Waals surface area contributed by atoms with Gasteiger partial charge in [-0.05, 0) is 26.4 Å². The van der Waals surface area contributed by atoms with Crippen LogP contribution in [0.15, 0.2) is 6.33 Å². The SMILES string of the molecule is COc1c(N)ncnc1NC1CCCN(C)C1. The molecule has 0 spiro atoms. The topological polar surface area (TPSA) is 76.3 Å². The van der Waals surface area contributed by atoms with Gasteiger partial charge in [-0.25, -0.2) is 9.97 Å². The van der Waals surface area contributed by atoms with Gasteiger partial charge >= 0.3 is 0 Å². The van der Waals surface area contributed by atoms with E-state index in [0.717, 1.165) is 19.5 Å². The molecule has 0 aromatic carbocycles. The van der Waals surface area contributed by atoms with E-state index in [1.807, 2.05) is 0 Å². The molecule has 6 nitrogen and oxygen atoms in total. The quantitative estimate of drug-likeness (QED) is 0.800. The van der Waals surface area contributed by atoms with E-state index in [1.54, 1.807) is 7.11 Å². The fraction of sp³-hybridized carbons (Fsp3) is 0.636. The van der Waals surface area contributed by atoms with Crippen molar-refractivity contribution in [3.05, 3.63) is 6.33 Å². The summed E-state index contributed by atoms with van der Waals surface area (Å²) < 4.78 is 5.22. The van der Waals surface area contributed by atoms with Gasteiger partial charge in [0, 0.05) is 12.6 Å². The number of methoxy groups -OCH3 is 1. The number of likely N-dealkylation sites (tertiary alicyclic amines) is 1. The molecule has 0 bridgehead atoms. The molecule has 0 aliphatic carbocycles. The summed E-state index contributed by atoms with van der Waals surface area (Å²) in [6, 6.07) is 0.386. The van der Waals surface area contributed by atoms with E-state index in [0.29, 0.717) is 23.4 Å². The van der Waals surface area contributed by atoms with E-state index >= 15 is 0 Å². The van der Waals surface area contributed by atoms with E-state index < -0.39 is 0 Å². The smallest absolute Gasteiger partial charge is 0.203 e. The van der Waals surface area contributed by atoms with Crippen LogP contribution in [0.5, 0.6) is 5.75 Å². The number of likely N-dealkylation sites (N-methyl/N-ethyl adjacent to an activating group) is 1. The van der Waals surface area contributed by atoms with Crippen molar-refractivity contribution >= 4 is 11.6 Å². The van der Waals surface area contributed by atoms with Crippen LogP contribution in [-0.2, 0) is 0 Å². The third-order valence-corrected chi connectivity index (χ3v) is 3.00. The summed E-state index contributed by atoms with van der Waals surface area (Å²) in [6.45, 7) is 2.16. The Morgan fingerprint density at radius 1 is 1.53 bits per heavy atom. The molecule has 1 aliphatic rings. The number of rotatable bonds is 3. The van der Waals surface area contributed by atoms with Gasteiger partial charge in [0.15, 0.2) is 11.6 Å². The van der Waals surface area contributed by atoms with Gasteiger partial charge in [-0.1, -0.05) is 0 Å². The van der Waals surface area contributed by atoms with Crippen molar-refractivity contribution in [3.8, 4) is 5.75 Å². The maximum Gasteiger partial charge on any atom is 0.203 e. The molecule has 2 rings (SSSR count). The maximum absolute atomic E-state index is 5.74. The van der Waals surface area contributed by atoms with Gasteiger partial charge in [-0.3, -0.25) is 0 Å². The Morgan fingerprint density at radius 3 is 3.06 bits per heavy atom. The Bertz CT molecular complexity index is 384. The summed E-state index contributed by atoms with van der Waals surface area (Å²) in [5.74, 6) is 1.58. The zero-order valence-electron chi connectivity index (χ0n) is 10.3. The molecule has 0 radical (unpaired) electrons. The second-order valence-electron chi connectivity index (χ2n) is 4.39. The predicted molar refractivity (Wildman–Crippen MR) is 67.1 cm³/mol. The number of anilines is 2. The normalized spacial score (nSPS) is 21.2. The predicted octanol–water partition coefficient (Wildman–Crippen LogP) is 0.574. The average molecular weight is 237 g/mol. The average Bonchev–Trinajstić information content (AvgIpc) is 2.29. The van der Waals surface area contributed by atoms with Gasteiger partial charge in [0.25, 0.3) is 0 Å². The van der Waals surface area contributed by atoms with Gasteiger partial charge in [-0.15, -0.1) is 0 Å². The van der Waals surface area contributed by atoms with Gasteiger partial charge < -0.3 is 20.7 Å². The number of nitrogen functional groups attached to an aromatic ring is 1. The van der Waals surface area contributed by atoms with Crippen LogP contribution >= 0.6 is 0 Å². The van der Waals surface area contributed by atoms with E-state index in [2.05, 4.69) is 27.2 Å². The van der Waals surface area contributed by atoms with Crippen molar-refractivity contribution in [2.24, 2.45) is 0 Å². The van der Waals surface area contributed by atoms with Crippen LogP contribution in [0, 0.1) is 0 Å². The molecule has 6 heteroatoms. The third kappa shape index (κ3) is 2.76. The van der Waals surface area contributed by atoms with Crippen LogP contribution < -0.4 is 15.8 Å². The third-order valence-electron chi connectivity index (χ3n) is 3.00. The zero-order valence-corrected chi connectivity index (χ0v) is 10.3. The van der Waals surface area contributed by atoms with E-state index in [1.165, 1.54) is 12.7 Å². The lowest BCUT2D eigenvalue weighted by molar-refractivity contribution is 0.260. The van der Waals surface area contributed by atoms with Crippen LogP contribution in [0.1, 0.15) is 12.8 Å². The largest absolute Gasteiger partial charge is 0.490 e. The Balaban J connectivity index is 2.10. The van der Waals surface area contributed by atoms with Gasteiger partial charge in [0.05, 0.1) is 7.11 Å². The van der Waals surface area contributed by atoms with E-state index in [9.17, 15) is 0 Å². The highest BCUT2D eigenvalue weighted by atomic mass is 16.5. The lowest BCUT2D eigenvalue weighted by atomic mass is 10.1. The van der Waals surface area contributed by atoms with Crippen molar-refractivity contribution in [2.45, 2.75) is 18.9 Å². The van der Waals surface area contributed by atoms with Crippen LogP contribution in [-0.4, -0.2) is 48.2 Å². The molecule has 2 heterocycles. The molecular weight excluding hydrogens is 218 g/mol. The first-order valence-corrected chi connectivity index (χ1v) is 5.80. The molecule has 1 atom stereocenters. The van der Waals surface area contributed by atoms with Crippen LogP contribution in [0.25, 0.3) is 0 Å². The van der Waals surface area contributed by atoms with Crippen molar-refractivity contribution in [1.82, 2.24) is 14.9 Å². The molecule has 0 saturated carbocycles. The number of ether oxygens (including phenoxy) is 1. The minimum Gasteiger partial charge on any atom is -0.490 e. The number of aromatic nitrogens is 2. The second-order valence-corrected chi connectivity index (χ2v) is 4.39. The fourth-order valence-corrected chi connectivity index (χ4v) is 2.17. The summed E-state index contributed by atoms with van der Waals surface area (Å²) in [5, 5.41) is 3.37. The Hall–Kier alpha value is -1.56. The monoisotopic (exact) mass is 237 g/mol. The number of nitrogens with two attached hydrogens (primary N) is 1. The number of hydrogen-bond acceptors (Lipinski definition) is 6. The number of hydrogen-bond donors (Lipinski definition) is 2. The summed E-state index contributed by atoms with van der Waals surface area (Å²) in [4.78, 5) is 10.4. The Labute approximate surface area is 101 Å². The molecule has 94 valence electrons. The van der Waals surface area contributed by atoms with E-state index in [-0.39, 0.29) is 0 Å². The summed E-state index contributed by atoms with van der Waals surface area (Å²) >= 11 is 0. The molecule has 17 heavy (non-hydrogen) atoms. The fourth-order valence-electron chi connectivity index (χ4n) is 2.17. The van der Waals surface area contributed by atoms with Crippen molar-refractivity contribution in [1.29, 1.82) is 0 Å². The highest BCUT2D eigenvalue weighted by Gasteiger charge is 2.19. The zero-order chi connectivity index (χ0) is 12.3. The minimum absolute atomic E-state index is 0.370. The van der Waals surface area contributed by atoms with Crippen LogP contribution in [0.2, 0.25) is 0 Å². The Morgan fingerprint density at radius 2 is 2.35 bits per heavy atom. The molecule has 0 amide bonds. The minimum atomic E-state index is 0.370. The first-order chi connectivity index (χ1) is 8.20. The summed E-state index contributed by atoms with van der Waals surface area (Å²) in [7, 11) is 3.70. The van der Waals surface area contributed by atoms with Gasteiger partial charge in [-0.2, -0.15) is 0 Å². The lowest BCUT2D eigenvalue weighted by Crippen LogP contribution is -2.40. The van der Waals surface area contributed by atoms with Crippen LogP contribution in [0.4, 0.5) is 11.6 Å². The van der Waals surface area contributed by atoms with Gasteiger partial charge in [0.2, 0.25) is 5.75 Å². The first kappa shape index (κ1) is 11.9. The number of nitrogens with zero attached hydrogens (tertiary/aromatic N) is 3. The molecule has 1 saturated heterocycles. The first-order valence-electron chi connectivity index (χ1n) is 5.80. The van der Waals surface area contributed by atoms with Crippen molar-refractivity contribution in [3.63, 3.8) is 0 Å².